The molecule has 0 bridgehead atoms. The van der Waals surface area contributed by atoms with Crippen LogP contribution >= 0.6 is 0 Å². The van der Waals surface area contributed by atoms with Crippen molar-refractivity contribution in [3.8, 4) is 0 Å². The van der Waals surface area contributed by atoms with Crippen LogP contribution in [0.15, 0.2) is 35.5 Å². The van der Waals surface area contributed by atoms with Crippen LogP contribution in [0, 0.1) is 0 Å². The van der Waals surface area contributed by atoms with Gasteiger partial charge in [-0.1, -0.05) is 24.3 Å². The summed E-state index contributed by atoms with van der Waals surface area (Å²) in [5, 5.41) is 0. The normalized spacial score (nSPS) is 13.6. The summed E-state index contributed by atoms with van der Waals surface area (Å²) in [5.74, 6) is 0. The molecule has 0 aromatic carbocycles. The van der Waals surface area contributed by atoms with E-state index in [0.29, 0.717) is 0 Å². The van der Waals surface area contributed by atoms with Gasteiger partial charge in [-0.25, -0.2) is 0 Å². The smallest absolute Gasteiger partial charge is 0.0393 e. The van der Waals surface area contributed by atoms with Crippen molar-refractivity contribution in [1.82, 2.24) is 0 Å². The molecule has 0 aliphatic rings. The Hall–Kier alpha value is -0.780. The Morgan fingerprint density at radius 2 is 1.70 bits per heavy atom. The van der Waals surface area contributed by atoms with Gasteiger partial charge in [-0.05, 0) is 38.8 Å². The Bertz CT molecular complexity index is 180. The van der Waals surface area contributed by atoms with Crippen molar-refractivity contribution in [2.45, 2.75) is 27.7 Å². The fourth-order valence-corrected chi connectivity index (χ4v) is 0.712. The molecule has 0 saturated heterocycles. The summed E-state index contributed by atoms with van der Waals surface area (Å²) >= 11 is 0. The SMILES string of the molecule is C=C(C)/C(C)=C(\C)C=CC. The fraction of sp³-hybridized carbons (Fsp3) is 0.400. The van der Waals surface area contributed by atoms with E-state index in [4.69, 9.17) is 0 Å². The molecule has 0 nitrogen and oxygen atoms in total. The van der Waals surface area contributed by atoms with Gasteiger partial charge in [0.15, 0.2) is 0 Å². The van der Waals surface area contributed by atoms with Crippen LogP contribution in [0.3, 0.4) is 0 Å². The van der Waals surface area contributed by atoms with Gasteiger partial charge in [-0.2, -0.15) is 0 Å². The van der Waals surface area contributed by atoms with Crippen molar-refractivity contribution < 1.29 is 0 Å². The first-order valence-electron chi connectivity index (χ1n) is 3.55. The minimum absolute atomic E-state index is 1.15. The molecule has 0 heteroatoms. The Morgan fingerprint density at radius 3 is 2.00 bits per heavy atom. The highest BCUT2D eigenvalue weighted by molar-refractivity contribution is 5.34. The predicted molar refractivity (Wildman–Crippen MR) is 48.0 cm³/mol. The van der Waals surface area contributed by atoms with Crippen LogP contribution < -0.4 is 0 Å². The van der Waals surface area contributed by atoms with Crippen molar-refractivity contribution in [2.24, 2.45) is 0 Å². The molecule has 0 radical (unpaired) electrons. The molecule has 0 aromatic rings. The third-order valence-corrected chi connectivity index (χ3v) is 1.65. The molecule has 0 fully saturated rings. The van der Waals surface area contributed by atoms with Crippen LogP contribution in [0.5, 0.6) is 0 Å². The molecule has 0 unspecified atom stereocenters. The minimum atomic E-state index is 1.15. The Balaban J connectivity index is 4.50. The predicted octanol–water partition coefficient (Wildman–Crippen LogP) is 3.48. The summed E-state index contributed by atoms with van der Waals surface area (Å²) in [5.41, 5.74) is 3.74. The lowest BCUT2D eigenvalue weighted by Gasteiger charge is -2.01. The molecule has 10 heavy (non-hydrogen) atoms. The van der Waals surface area contributed by atoms with Gasteiger partial charge < -0.3 is 0 Å². The van der Waals surface area contributed by atoms with E-state index in [9.17, 15) is 0 Å². The maximum absolute atomic E-state index is 3.87. The molecule has 0 saturated carbocycles. The largest absolute Gasteiger partial charge is 0.0958 e. The zero-order valence-electron chi connectivity index (χ0n) is 7.36. The Labute approximate surface area is 64.0 Å². The average Bonchev–Trinajstić information content (AvgIpc) is 1.87. The molecular weight excluding hydrogens is 120 g/mol. The number of hydrogen-bond donors (Lipinski definition) is 0. The highest BCUT2D eigenvalue weighted by Crippen LogP contribution is 2.11. The lowest BCUT2D eigenvalue weighted by molar-refractivity contribution is 1.28. The summed E-state index contributed by atoms with van der Waals surface area (Å²) in [6.07, 6.45) is 4.14. The lowest BCUT2D eigenvalue weighted by atomic mass is 10.1. The first kappa shape index (κ1) is 9.22. The monoisotopic (exact) mass is 136 g/mol. The van der Waals surface area contributed by atoms with Gasteiger partial charge in [0.1, 0.15) is 0 Å². The quantitative estimate of drug-likeness (QED) is 0.510. The molecule has 0 aliphatic carbocycles. The van der Waals surface area contributed by atoms with Crippen molar-refractivity contribution in [3.05, 3.63) is 35.5 Å². The Kier molecular flexibility index (Phi) is 3.78. The van der Waals surface area contributed by atoms with E-state index in [2.05, 4.69) is 26.5 Å². The molecule has 0 N–H and O–H groups in total. The van der Waals surface area contributed by atoms with E-state index in [1.807, 2.05) is 19.9 Å². The van der Waals surface area contributed by atoms with Gasteiger partial charge >= 0.3 is 0 Å². The molecule has 0 atom stereocenters. The van der Waals surface area contributed by atoms with Crippen LogP contribution in [0.1, 0.15) is 27.7 Å². The summed E-state index contributed by atoms with van der Waals surface area (Å²) in [4.78, 5) is 0. The third kappa shape index (κ3) is 2.67. The summed E-state index contributed by atoms with van der Waals surface area (Å²) in [6, 6.07) is 0. The first-order chi connectivity index (χ1) is 4.59. The van der Waals surface area contributed by atoms with Crippen LogP contribution in [-0.2, 0) is 0 Å². The summed E-state index contributed by atoms with van der Waals surface area (Å²) in [7, 11) is 0. The molecule has 0 rings (SSSR count). The van der Waals surface area contributed by atoms with Gasteiger partial charge in [-0.3, -0.25) is 0 Å². The number of rotatable bonds is 2. The van der Waals surface area contributed by atoms with Gasteiger partial charge in [0, 0.05) is 0 Å². The zero-order chi connectivity index (χ0) is 8.15. The summed E-state index contributed by atoms with van der Waals surface area (Å²) < 4.78 is 0. The number of hydrogen-bond acceptors (Lipinski definition) is 0. The van der Waals surface area contributed by atoms with Crippen LogP contribution in [0.2, 0.25) is 0 Å². The second-order valence-electron chi connectivity index (χ2n) is 2.59. The van der Waals surface area contributed by atoms with Crippen LogP contribution in [0.4, 0.5) is 0 Å². The van der Waals surface area contributed by atoms with E-state index in [0.717, 1.165) is 5.57 Å². The van der Waals surface area contributed by atoms with Crippen LogP contribution in [0.25, 0.3) is 0 Å². The van der Waals surface area contributed by atoms with Crippen molar-refractivity contribution in [3.63, 3.8) is 0 Å². The van der Waals surface area contributed by atoms with Crippen molar-refractivity contribution in [1.29, 1.82) is 0 Å². The van der Waals surface area contributed by atoms with Crippen molar-refractivity contribution in [2.75, 3.05) is 0 Å². The molecule has 0 heterocycles. The topological polar surface area (TPSA) is 0 Å². The fourth-order valence-electron chi connectivity index (χ4n) is 0.712. The highest BCUT2D eigenvalue weighted by Gasteiger charge is 1.91. The molecular formula is C10H16. The molecule has 0 amide bonds. The highest BCUT2D eigenvalue weighted by atomic mass is 14.0. The third-order valence-electron chi connectivity index (χ3n) is 1.65. The summed E-state index contributed by atoms with van der Waals surface area (Å²) in [6.45, 7) is 12.1. The standard InChI is InChI=1S/C10H16/c1-6-7-9(4)10(5)8(2)3/h6-7H,2H2,1,3-5H3/b7-6?,10-9+. The van der Waals surface area contributed by atoms with Crippen LogP contribution in [-0.4, -0.2) is 0 Å². The van der Waals surface area contributed by atoms with E-state index in [-0.39, 0.29) is 0 Å². The zero-order valence-corrected chi connectivity index (χ0v) is 7.36. The van der Waals surface area contributed by atoms with Gasteiger partial charge in [-0.15, -0.1) is 0 Å². The van der Waals surface area contributed by atoms with Crippen molar-refractivity contribution >= 4 is 0 Å². The lowest BCUT2D eigenvalue weighted by Crippen LogP contribution is -1.80. The number of allylic oxidation sites excluding steroid dienone is 5. The maximum Gasteiger partial charge on any atom is -0.0393 e. The van der Waals surface area contributed by atoms with E-state index in [1.165, 1.54) is 11.1 Å². The molecule has 0 aliphatic heterocycles. The Morgan fingerprint density at radius 1 is 1.20 bits per heavy atom. The molecule has 0 aromatic heterocycles. The second kappa shape index (κ2) is 4.10. The molecule has 56 valence electrons. The van der Waals surface area contributed by atoms with E-state index >= 15 is 0 Å². The average molecular weight is 136 g/mol. The van der Waals surface area contributed by atoms with E-state index in [1.54, 1.807) is 0 Å². The van der Waals surface area contributed by atoms with Gasteiger partial charge in [0.25, 0.3) is 0 Å². The molecule has 0 spiro atoms. The van der Waals surface area contributed by atoms with Gasteiger partial charge in [0.05, 0.1) is 0 Å². The van der Waals surface area contributed by atoms with E-state index < -0.39 is 0 Å². The minimum Gasteiger partial charge on any atom is -0.0958 e. The first-order valence-corrected chi connectivity index (χ1v) is 3.55. The maximum atomic E-state index is 3.87. The second-order valence-corrected chi connectivity index (χ2v) is 2.59. The van der Waals surface area contributed by atoms with Gasteiger partial charge in [0.2, 0.25) is 0 Å².